The van der Waals surface area contributed by atoms with Gasteiger partial charge in [-0.25, -0.2) is 0 Å². The summed E-state index contributed by atoms with van der Waals surface area (Å²) >= 11 is 5.35. The van der Waals surface area contributed by atoms with Gasteiger partial charge < -0.3 is 14.2 Å². The minimum Gasteiger partial charge on any atom is -0.378 e. The molecule has 184 valence electrons. The zero-order valence-corrected chi connectivity index (χ0v) is 20.9. The van der Waals surface area contributed by atoms with Crippen LogP contribution >= 0.6 is 12.2 Å². The van der Waals surface area contributed by atoms with Gasteiger partial charge in [0, 0.05) is 35.8 Å². The number of aromatic nitrogens is 1. The zero-order chi connectivity index (χ0) is 25.4. The number of hydrogen-bond acceptors (Lipinski definition) is 5. The third kappa shape index (κ3) is 4.55. The first-order valence-electron chi connectivity index (χ1n) is 11.7. The van der Waals surface area contributed by atoms with Crippen molar-refractivity contribution in [3.05, 3.63) is 70.9 Å². The molecule has 0 aliphatic carbocycles. The lowest BCUT2D eigenvalue weighted by Crippen LogP contribution is -2.54. The van der Waals surface area contributed by atoms with E-state index in [0.717, 1.165) is 22.0 Å². The van der Waals surface area contributed by atoms with Gasteiger partial charge in [0.05, 0.1) is 18.9 Å². The van der Waals surface area contributed by atoms with Crippen molar-refractivity contribution in [2.45, 2.75) is 20.4 Å². The van der Waals surface area contributed by atoms with Gasteiger partial charge in [0.15, 0.2) is 5.11 Å². The second kappa shape index (κ2) is 9.67. The van der Waals surface area contributed by atoms with Gasteiger partial charge in [0.2, 0.25) is 5.91 Å². The number of fused-ring (bicyclic) bond motifs is 1. The molecule has 0 spiro atoms. The molecule has 2 fully saturated rings. The molecule has 0 atom stereocenters. The van der Waals surface area contributed by atoms with Gasteiger partial charge in [-0.15, -0.1) is 0 Å². The number of thiocarbonyl (C=S) groups is 1. The molecule has 1 N–H and O–H groups in total. The van der Waals surface area contributed by atoms with E-state index in [0.29, 0.717) is 37.6 Å². The van der Waals surface area contributed by atoms with Crippen LogP contribution in [0, 0.1) is 13.8 Å². The molecule has 3 amide bonds. The summed E-state index contributed by atoms with van der Waals surface area (Å²) in [7, 11) is 0. The number of morpholine rings is 1. The number of benzene rings is 2. The van der Waals surface area contributed by atoms with Crippen LogP contribution in [0.15, 0.2) is 54.2 Å². The van der Waals surface area contributed by atoms with Crippen LogP contribution in [-0.2, 0) is 25.7 Å². The van der Waals surface area contributed by atoms with Crippen LogP contribution in [0.3, 0.4) is 0 Å². The van der Waals surface area contributed by atoms with Crippen LogP contribution in [0.4, 0.5) is 5.69 Å². The Morgan fingerprint density at radius 1 is 1.08 bits per heavy atom. The Hall–Kier alpha value is -3.82. The third-order valence-corrected chi connectivity index (χ3v) is 6.64. The highest BCUT2D eigenvalue weighted by atomic mass is 32.1. The van der Waals surface area contributed by atoms with Crippen LogP contribution < -0.4 is 10.2 Å². The van der Waals surface area contributed by atoms with Gasteiger partial charge in [-0.2, -0.15) is 0 Å². The first kappa shape index (κ1) is 23.9. The van der Waals surface area contributed by atoms with E-state index in [1.165, 1.54) is 4.90 Å². The number of nitrogens with one attached hydrogen (secondary N) is 1. The normalized spacial score (nSPS) is 17.7. The van der Waals surface area contributed by atoms with Crippen molar-refractivity contribution < 1.29 is 19.1 Å². The Labute approximate surface area is 214 Å². The summed E-state index contributed by atoms with van der Waals surface area (Å²) in [5.41, 5.74) is 4.06. The molecule has 2 aliphatic rings. The first-order chi connectivity index (χ1) is 17.3. The molecule has 2 aromatic carbocycles. The number of para-hydroxylation sites is 1. The Bertz CT molecular complexity index is 1410. The van der Waals surface area contributed by atoms with E-state index in [1.54, 1.807) is 11.0 Å². The van der Waals surface area contributed by atoms with Gasteiger partial charge >= 0.3 is 0 Å². The molecule has 0 unspecified atom stereocenters. The maximum Gasteiger partial charge on any atom is 0.270 e. The summed E-state index contributed by atoms with van der Waals surface area (Å²) in [6, 6.07) is 13.3. The number of anilines is 1. The second-order valence-corrected chi connectivity index (χ2v) is 9.41. The summed E-state index contributed by atoms with van der Waals surface area (Å²) in [5.74, 6) is -1.04. The summed E-state index contributed by atoms with van der Waals surface area (Å²) in [6.45, 7) is 6.24. The highest BCUT2D eigenvalue weighted by molar-refractivity contribution is 7.80. The van der Waals surface area contributed by atoms with Crippen LogP contribution in [0.2, 0.25) is 0 Å². The fraction of sp³-hybridized carbons (Fsp3) is 0.259. The largest absolute Gasteiger partial charge is 0.378 e. The molecule has 2 aliphatic heterocycles. The molecular formula is C27H26N4O4S. The molecule has 36 heavy (non-hydrogen) atoms. The Balaban J connectivity index is 1.51. The number of aryl methyl sites for hydroxylation is 2. The average molecular weight is 503 g/mol. The molecule has 8 nitrogen and oxygen atoms in total. The van der Waals surface area contributed by atoms with Crippen molar-refractivity contribution in [1.29, 1.82) is 0 Å². The van der Waals surface area contributed by atoms with Gasteiger partial charge in [0.1, 0.15) is 12.1 Å². The zero-order valence-electron chi connectivity index (χ0n) is 20.1. The summed E-state index contributed by atoms with van der Waals surface area (Å²) in [4.78, 5) is 42.4. The molecule has 3 heterocycles. The van der Waals surface area contributed by atoms with Crippen LogP contribution in [0.1, 0.15) is 16.7 Å². The molecule has 0 radical (unpaired) electrons. The monoisotopic (exact) mass is 502 g/mol. The number of carbonyl (C=O) groups is 3. The van der Waals surface area contributed by atoms with E-state index < -0.39 is 11.8 Å². The first-order valence-corrected chi connectivity index (χ1v) is 12.2. The third-order valence-electron chi connectivity index (χ3n) is 6.35. The fourth-order valence-corrected chi connectivity index (χ4v) is 4.99. The van der Waals surface area contributed by atoms with E-state index >= 15 is 0 Å². The summed E-state index contributed by atoms with van der Waals surface area (Å²) in [6.07, 6.45) is 3.39. The van der Waals surface area contributed by atoms with Gasteiger partial charge in [-0.05, 0) is 61.5 Å². The number of ether oxygens (including phenoxy) is 1. The molecule has 5 rings (SSSR count). The van der Waals surface area contributed by atoms with Gasteiger partial charge in [-0.3, -0.25) is 24.6 Å². The van der Waals surface area contributed by atoms with E-state index in [1.807, 2.05) is 67.1 Å². The van der Waals surface area contributed by atoms with E-state index in [9.17, 15) is 14.4 Å². The number of hydrogen-bond donors (Lipinski definition) is 1. The predicted octanol–water partition coefficient (Wildman–Crippen LogP) is 2.95. The fourth-order valence-electron chi connectivity index (χ4n) is 4.71. The smallest absolute Gasteiger partial charge is 0.270 e. The second-order valence-electron chi connectivity index (χ2n) is 9.03. The minimum atomic E-state index is -0.549. The maximum atomic E-state index is 13.5. The lowest BCUT2D eigenvalue weighted by atomic mass is 10.1. The quantitative estimate of drug-likeness (QED) is 0.337. The highest BCUT2D eigenvalue weighted by Gasteiger charge is 2.35. The Kier molecular flexibility index (Phi) is 6.42. The standard InChI is InChI=1S/C27H26N4O4S/c1-17-11-18(2)13-20(12-17)31-26(34)22(25(33)28-27(31)36)14-19-15-30(23-6-4-3-5-21(19)23)16-24(32)29-7-9-35-10-8-29/h3-6,11-15H,7-10,16H2,1-2H3,(H,28,33,36)/b22-14+. The SMILES string of the molecule is Cc1cc(C)cc(N2C(=O)/C(=C/c3cn(CC(=O)N4CCOCC4)c4ccccc34)C(=O)NC2=S)c1. The number of nitrogens with zero attached hydrogens (tertiary/aromatic N) is 3. The number of carbonyl (C=O) groups excluding carboxylic acids is 3. The average Bonchev–Trinajstić information content (AvgIpc) is 3.18. The van der Waals surface area contributed by atoms with E-state index in [4.69, 9.17) is 17.0 Å². The van der Waals surface area contributed by atoms with Crippen molar-refractivity contribution in [1.82, 2.24) is 14.8 Å². The lowest BCUT2D eigenvalue weighted by Gasteiger charge is -2.29. The Morgan fingerprint density at radius 3 is 2.50 bits per heavy atom. The molecule has 0 bridgehead atoms. The molecule has 1 aromatic heterocycles. The molecule has 9 heteroatoms. The molecule has 2 saturated heterocycles. The maximum absolute atomic E-state index is 13.5. The molecule has 0 saturated carbocycles. The van der Waals surface area contributed by atoms with Crippen molar-refractivity contribution in [2.24, 2.45) is 0 Å². The molecule has 3 aromatic rings. The van der Waals surface area contributed by atoms with Crippen LogP contribution in [0.25, 0.3) is 17.0 Å². The predicted molar refractivity (Wildman–Crippen MR) is 141 cm³/mol. The number of amides is 3. The Morgan fingerprint density at radius 2 is 1.78 bits per heavy atom. The van der Waals surface area contributed by atoms with E-state index in [2.05, 4.69) is 5.32 Å². The van der Waals surface area contributed by atoms with Crippen molar-refractivity contribution >= 4 is 57.7 Å². The highest BCUT2D eigenvalue weighted by Crippen LogP contribution is 2.28. The van der Waals surface area contributed by atoms with Crippen LogP contribution in [-0.4, -0.2) is 58.6 Å². The van der Waals surface area contributed by atoms with Gasteiger partial charge in [0.25, 0.3) is 11.8 Å². The van der Waals surface area contributed by atoms with Gasteiger partial charge in [-0.1, -0.05) is 24.3 Å². The lowest BCUT2D eigenvalue weighted by molar-refractivity contribution is -0.135. The summed E-state index contributed by atoms with van der Waals surface area (Å²) < 4.78 is 7.21. The van der Waals surface area contributed by atoms with Crippen LogP contribution in [0.5, 0.6) is 0 Å². The number of rotatable bonds is 4. The minimum absolute atomic E-state index is 0.00363. The topological polar surface area (TPSA) is 83.9 Å². The molecular weight excluding hydrogens is 476 g/mol. The van der Waals surface area contributed by atoms with E-state index in [-0.39, 0.29) is 23.1 Å². The van der Waals surface area contributed by atoms with Crippen molar-refractivity contribution in [3.8, 4) is 0 Å². The van der Waals surface area contributed by atoms with Crippen molar-refractivity contribution in [3.63, 3.8) is 0 Å². The summed E-state index contributed by atoms with van der Waals surface area (Å²) in [5, 5.41) is 3.53. The van der Waals surface area contributed by atoms with Crippen molar-refractivity contribution in [2.75, 3.05) is 31.2 Å².